The third-order valence-corrected chi connectivity index (χ3v) is 6.55. The number of rotatable bonds is 3. The lowest BCUT2D eigenvalue weighted by atomic mass is 9.83. The summed E-state index contributed by atoms with van der Waals surface area (Å²) in [5, 5.41) is 7.39. The second kappa shape index (κ2) is 7.74. The molecule has 0 atom stereocenters. The Morgan fingerprint density at radius 2 is 2.03 bits per heavy atom. The standard InChI is InChI=1S/C23H28N6O3/c1-14(2)26-21(30)20-16-12-32-23(11-19(16)28(3)27-20)6-8-29(9-7-23)22(31)15-4-5-17-18(10-15)25-13-24-17/h4-5,10,13-14H,6-9,11-12H2,1-3H3,(H,24,25)(H,26,30). The molecule has 2 N–H and O–H groups in total. The van der Waals surface area contributed by atoms with E-state index in [9.17, 15) is 9.59 Å². The van der Waals surface area contributed by atoms with Crippen molar-refractivity contribution in [1.82, 2.24) is 30.0 Å². The molecule has 1 fully saturated rings. The number of H-pyrrole nitrogens is 1. The van der Waals surface area contributed by atoms with Crippen molar-refractivity contribution in [3.63, 3.8) is 0 Å². The lowest BCUT2D eigenvalue weighted by Crippen LogP contribution is -2.50. The Bertz CT molecular complexity index is 1190. The van der Waals surface area contributed by atoms with Crippen LogP contribution in [0.15, 0.2) is 24.5 Å². The number of carbonyl (C=O) groups excluding carboxylic acids is 2. The van der Waals surface area contributed by atoms with Crippen molar-refractivity contribution in [2.75, 3.05) is 13.1 Å². The number of likely N-dealkylation sites (tertiary alicyclic amines) is 1. The highest BCUT2D eigenvalue weighted by molar-refractivity contribution is 5.97. The Labute approximate surface area is 186 Å². The first-order valence-electron chi connectivity index (χ1n) is 11.1. The van der Waals surface area contributed by atoms with E-state index in [1.807, 2.05) is 48.7 Å². The third kappa shape index (κ3) is 3.56. The van der Waals surface area contributed by atoms with Crippen molar-refractivity contribution in [2.45, 2.75) is 51.4 Å². The fourth-order valence-corrected chi connectivity index (χ4v) is 4.76. The van der Waals surface area contributed by atoms with Gasteiger partial charge in [0.05, 0.1) is 29.6 Å². The monoisotopic (exact) mass is 436 g/mol. The van der Waals surface area contributed by atoms with Crippen LogP contribution in [0, 0.1) is 0 Å². The molecule has 0 bridgehead atoms. The van der Waals surface area contributed by atoms with Crippen molar-refractivity contribution in [2.24, 2.45) is 7.05 Å². The fraction of sp³-hybridized carbons (Fsp3) is 0.478. The van der Waals surface area contributed by atoms with Crippen LogP contribution in [0.1, 0.15) is 58.8 Å². The molecule has 0 unspecified atom stereocenters. The Morgan fingerprint density at radius 3 is 2.78 bits per heavy atom. The number of benzene rings is 1. The number of hydrogen-bond donors (Lipinski definition) is 2. The topological polar surface area (TPSA) is 105 Å². The van der Waals surface area contributed by atoms with Gasteiger partial charge in [-0.15, -0.1) is 0 Å². The molecule has 2 amide bonds. The minimum Gasteiger partial charge on any atom is -0.370 e. The summed E-state index contributed by atoms with van der Waals surface area (Å²) in [4.78, 5) is 34.7. The number of fused-ring (bicyclic) bond motifs is 2. The van der Waals surface area contributed by atoms with Crippen LogP contribution in [0.2, 0.25) is 0 Å². The van der Waals surface area contributed by atoms with Gasteiger partial charge in [-0.2, -0.15) is 5.10 Å². The molecular weight excluding hydrogens is 408 g/mol. The molecule has 2 aliphatic heterocycles. The minimum absolute atomic E-state index is 0.0287. The van der Waals surface area contributed by atoms with Gasteiger partial charge in [0.15, 0.2) is 5.69 Å². The van der Waals surface area contributed by atoms with Gasteiger partial charge >= 0.3 is 0 Å². The van der Waals surface area contributed by atoms with Gasteiger partial charge in [-0.1, -0.05) is 0 Å². The average molecular weight is 437 g/mol. The second-order valence-corrected chi connectivity index (χ2v) is 9.10. The highest BCUT2D eigenvalue weighted by Gasteiger charge is 2.42. The zero-order chi connectivity index (χ0) is 22.5. The van der Waals surface area contributed by atoms with Crippen molar-refractivity contribution in [3.8, 4) is 0 Å². The molecule has 0 radical (unpaired) electrons. The summed E-state index contributed by atoms with van der Waals surface area (Å²) in [5.74, 6) is -0.132. The van der Waals surface area contributed by atoms with Crippen LogP contribution in [-0.4, -0.2) is 61.2 Å². The largest absolute Gasteiger partial charge is 0.370 e. The van der Waals surface area contributed by atoms with E-state index in [0.29, 0.717) is 37.4 Å². The van der Waals surface area contributed by atoms with E-state index in [1.54, 1.807) is 6.33 Å². The molecule has 1 spiro atoms. The molecule has 4 heterocycles. The molecule has 5 rings (SSSR count). The van der Waals surface area contributed by atoms with Gasteiger partial charge in [-0.3, -0.25) is 14.3 Å². The van der Waals surface area contributed by atoms with Crippen LogP contribution in [0.3, 0.4) is 0 Å². The van der Waals surface area contributed by atoms with Gasteiger partial charge in [0.25, 0.3) is 11.8 Å². The Kier molecular flexibility index (Phi) is 5.00. The molecule has 3 aromatic rings. The summed E-state index contributed by atoms with van der Waals surface area (Å²) in [7, 11) is 1.88. The van der Waals surface area contributed by atoms with Crippen LogP contribution in [0.4, 0.5) is 0 Å². The predicted molar refractivity (Wildman–Crippen MR) is 118 cm³/mol. The Balaban J connectivity index is 1.29. The summed E-state index contributed by atoms with van der Waals surface area (Å²) in [6.45, 7) is 5.50. The van der Waals surface area contributed by atoms with Gasteiger partial charge in [0.2, 0.25) is 0 Å². The third-order valence-electron chi connectivity index (χ3n) is 6.55. The van der Waals surface area contributed by atoms with E-state index in [4.69, 9.17) is 4.74 Å². The van der Waals surface area contributed by atoms with Gasteiger partial charge in [-0.25, -0.2) is 4.98 Å². The lowest BCUT2D eigenvalue weighted by molar-refractivity contribution is -0.0990. The van der Waals surface area contributed by atoms with Crippen molar-refractivity contribution in [1.29, 1.82) is 0 Å². The fourth-order valence-electron chi connectivity index (χ4n) is 4.76. The van der Waals surface area contributed by atoms with Crippen molar-refractivity contribution >= 4 is 22.8 Å². The predicted octanol–water partition coefficient (Wildman–Crippen LogP) is 2.18. The summed E-state index contributed by atoms with van der Waals surface area (Å²) >= 11 is 0. The van der Waals surface area contributed by atoms with Crippen molar-refractivity contribution < 1.29 is 14.3 Å². The van der Waals surface area contributed by atoms with Gasteiger partial charge in [0.1, 0.15) is 0 Å². The first kappa shape index (κ1) is 20.7. The maximum Gasteiger partial charge on any atom is 0.272 e. The van der Waals surface area contributed by atoms with Crippen LogP contribution >= 0.6 is 0 Å². The molecular formula is C23H28N6O3. The van der Waals surface area contributed by atoms with E-state index >= 15 is 0 Å². The second-order valence-electron chi connectivity index (χ2n) is 9.10. The maximum absolute atomic E-state index is 13.0. The molecule has 9 nitrogen and oxygen atoms in total. The smallest absolute Gasteiger partial charge is 0.272 e. The number of nitrogens with zero attached hydrogens (tertiary/aromatic N) is 4. The summed E-state index contributed by atoms with van der Waals surface area (Å²) in [6.07, 6.45) is 3.84. The summed E-state index contributed by atoms with van der Waals surface area (Å²) in [5.41, 5.74) is 4.43. The molecule has 9 heteroatoms. The van der Waals surface area contributed by atoms with Gasteiger partial charge in [0, 0.05) is 49.4 Å². The molecule has 2 aromatic heterocycles. The van der Waals surface area contributed by atoms with E-state index in [1.165, 1.54) is 0 Å². The number of hydrogen-bond acceptors (Lipinski definition) is 5. The zero-order valence-electron chi connectivity index (χ0n) is 18.6. The van der Waals surface area contributed by atoms with Crippen molar-refractivity contribution in [3.05, 3.63) is 47.0 Å². The van der Waals surface area contributed by atoms with Gasteiger partial charge in [-0.05, 0) is 44.9 Å². The first-order valence-corrected chi connectivity index (χ1v) is 11.1. The molecule has 168 valence electrons. The Morgan fingerprint density at radius 1 is 1.25 bits per heavy atom. The number of carbonyl (C=O) groups is 2. The summed E-state index contributed by atoms with van der Waals surface area (Å²) in [6, 6.07) is 5.61. The normalized spacial score (nSPS) is 17.7. The van der Waals surface area contributed by atoms with E-state index in [2.05, 4.69) is 20.4 Å². The highest BCUT2D eigenvalue weighted by atomic mass is 16.5. The minimum atomic E-state index is -0.323. The van der Waals surface area contributed by atoms with Crippen LogP contribution < -0.4 is 5.32 Å². The van der Waals surface area contributed by atoms with E-state index < -0.39 is 0 Å². The number of piperidine rings is 1. The number of aromatic amines is 1. The first-order chi connectivity index (χ1) is 15.3. The summed E-state index contributed by atoms with van der Waals surface area (Å²) < 4.78 is 8.15. The quantitative estimate of drug-likeness (QED) is 0.655. The Hall–Kier alpha value is -3.20. The van der Waals surface area contributed by atoms with E-state index in [-0.39, 0.29) is 23.5 Å². The molecule has 32 heavy (non-hydrogen) atoms. The zero-order valence-corrected chi connectivity index (χ0v) is 18.6. The number of imidazole rings is 1. The van der Waals surface area contributed by atoms with Crippen LogP contribution in [0.25, 0.3) is 11.0 Å². The number of aryl methyl sites for hydroxylation is 1. The van der Waals surface area contributed by atoms with Crippen LogP contribution in [0.5, 0.6) is 0 Å². The van der Waals surface area contributed by atoms with Gasteiger partial charge < -0.3 is 19.9 Å². The number of ether oxygens (including phenoxy) is 1. The number of amides is 2. The lowest BCUT2D eigenvalue weighted by Gasteiger charge is -2.43. The van der Waals surface area contributed by atoms with Crippen LogP contribution in [-0.2, 0) is 24.8 Å². The molecule has 0 saturated carbocycles. The SMILES string of the molecule is CC(C)NC(=O)c1nn(C)c2c1COC1(CCN(C(=O)c3ccc4nc[nH]c4c3)CC1)C2. The molecule has 1 aromatic carbocycles. The maximum atomic E-state index is 13.0. The molecule has 0 aliphatic carbocycles. The highest BCUT2D eigenvalue weighted by Crippen LogP contribution is 2.37. The van der Waals surface area contributed by atoms with E-state index in [0.717, 1.165) is 35.1 Å². The number of aromatic nitrogens is 4. The average Bonchev–Trinajstić information content (AvgIpc) is 3.37. The molecule has 1 saturated heterocycles. The number of nitrogens with one attached hydrogen (secondary N) is 2. The molecule has 2 aliphatic rings.